The normalized spacial score (nSPS) is 16.9. The van der Waals surface area contributed by atoms with Crippen molar-refractivity contribution in [3.63, 3.8) is 0 Å². The van der Waals surface area contributed by atoms with Crippen LogP contribution in [-0.4, -0.2) is 16.1 Å². The van der Waals surface area contributed by atoms with Gasteiger partial charge < -0.3 is 9.88 Å². The van der Waals surface area contributed by atoms with Gasteiger partial charge in [-0.1, -0.05) is 40.0 Å². The lowest BCUT2D eigenvalue weighted by atomic mass is 9.88. The van der Waals surface area contributed by atoms with Crippen molar-refractivity contribution in [2.24, 2.45) is 5.92 Å². The third kappa shape index (κ3) is 3.54. The average Bonchev–Trinajstić information content (AvgIpc) is 2.87. The van der Waals surface area contributed by atoms with Crippen LogP contribution in [0.25, 0.3) is 11.0 Å². The highest BCUT2D eigenvalue weighted by Crippen LogP contribution is 2.32. The standard InChI is InChI=1S/C20H31N3/c1-5-21-16-11-12-18-17(13-16)22-19(20(2,3)4)23(18)14-15-9-7-6-8-10-15/h11-13,15,21H,5-10,14H2,1-4H3. The number of imidazole rings is 1. The molecule has 3 rings (SSSR count). The molecule has 1 aromatic heterocycles. The molecule has 1 N–H and O–H groups in total. The molecule has 3 nitrogen and oxygen atoms in total. The van der Waals surface area contributed by atoms with Gasteiger partial charge in [-0.25, -0.2) is 4.98 Å². The van der Waals surface area contributed by atoms with Crippen molar-refractivity contribution < 1.29 is 0 Å². The fraction of sp³-hybridized carbons (Fsp3) is 0.650. The van der Waals surface area contributed by atoms with Crippen molar-refractivity contribution in [2.75, 3.05) is 11.9 Å². The lowest BCUT2D eigenvalue weighted by Crippen LogP contribution is -2.22. The number of rotatable bonds is 4. The Balaban J connectivity index is 2.01. The first-order valence-electron chi connectivity index (χ1n) is 9.23. The molecule has 0 unspecified atom stereocenters. The Kier molecular flexibility index (Phi) is 4.65. The summed E-state index contributed by atoms with van der Waals surface area (Å²) < 4.78 is 2.50. The Labute approximate surface area is 140 Å². The van der Waals surface area contributed by atoms with Crippen LogP contribution in [0.3, 0.4) is 0 Å². The summed E-state index contributed by atoms with van der Waals surface area (Å²) in [6.45, 7) is 11.0. The third-order valence-electron chi connectivity index (χ3n) is 4.97. The van der Waals surface area contributed by atoms with E-state index in [-0.39, 0.29) is 5.41 Å². The summed E-state index contributed by atoms with van der Waals surface area (Å²) in [6.07, 6.45) is 6.95. The predicted octanol–water partition coefficient (Wildman–Crippen LogP) is 5.35. The van der Waals surface area contributed by atoms with E-state index in [9.17, 15) is 0 Å². The summed E-state index contributed by atoms with van der Waals surface area (Å²) >= 11 is 0. The van der Waals surface area contributed by atoms with Crippen molar-refractivity contribution in [1.82, 2.24) is 9.55 Å². The van der Waals surface area contributed by atoms with E-state index in [0.29, 0.717) is 0 Å². The zero-order valence-electron chi connectivity index (χ0n) is 15.2. The quantitative estimate of drug-likeness (QED) is 0.825. The third-order valence-corrected chi connectivity index (χ3v) is 4.97. The summed E-state index contributed by atoms with van der Waals surface area (Å²) in [5, 5.41) is 3.40. The zero-order chi connectivity index (χ0) is 16.4. The summed E-state index contributed by atoms with van der Waals surface area (Å²) in [4.78, 5) is 5.02. The first-order chi connectivity index (χ1) is 11.0. The van der Waals surface area contributed by atoms with E-state index in [2.05, 4.69) is 55.8 Å². The Morgan fingerprint density at radius 2 is 1.91 bits per heavy atom. The molecule has 1 aliphatic rings. The minimum Gasteiger partial charge on any atom is -0.385 e. The Hall–Kier alpha value is -1.51. The molecule has 0 aliphatic heterocycles. The second-order valence-electron chi connectivity index (χ2n) is 8.03. The SMILES string of the molecule is CCNc1ccc2c(c1)nc(C(C)(C)C)n2CC1CCCCC1. The van der Waals surface area contributed by atoms with Gasteiger partial charge in [0.1, 0.15) is 5.82 Å². The van der Waals surface area contributed by atoms with Gasteiger partial charge in [0.2, 0.25) is 0 Å². The molecule has 2 aromatic rings. The Bertz CT molecular complexity index is 657. The van der Waals surface area contributed by atoms with Crippen LogP contribution in [-0.2, 0) is 12.0 Å². The molecule has 0 amide bonds. The van der Waals surface area contributed by atoms with Crippen molar-refractivity contribution >= 4 is 16.7 Å². The number of hydrogen-bond donors (Lipinski definition) is 1. The lowest BCUT2D eigenvalue weighted by molar-refractivity contribution is 0.313. The van der Waals surface area contributed by atoms with E-state index in [4.69, 9.17) is 4.98 Å². The average molecular weight is 313 g/mol. The van der Waals surface area contributed by atoms with Crippen LogP contribution < -0.4 is 5.32 Å². The highest BCUT2D eigenvalue weighted by Gasteiger charge is 2.25. The minimum absolute atomic E-state index is 0.0754. The molecule has 0 saturated heterocycles. The topological polar surface area (TPSA) is 29.9 Å². The van der Waals surface area contributed by atoms with Gasteiger partial charge in [-0.3, -0.25) is 0 Å². The van der Waals surface area contributed by atoms with Gasteiger partial charge in [0.05, 0.1) is 11.0 Å². The van der Waals surface area contributed by atoms with Gasteiger partial charge in [-0.05, 0) is 43.9 Å². The van der Waals surface area contributed by atoms with Crippen LogP contribution in [0.1, 0.15) is 65.6 Å². The van der Waals surface area contributed by atoms with Gasteiger partial charge in [-0.15, -0.1) is 0 Å². The van der Waals surface area contributed by atoms with E-state index in [1.807, 2.05) is 0 Å². The molecule has 3 heteroatoms. The number of nitrogens with one attached hydrogen (secondary N) is 1. The van der Waals surface area contributed by atoms with Gasteiger partial charge in [0.25, 0.3) is 0 Å². The molecule has 1 saturated carbocycles. The molecule has 1 fully saturated rings. The van der Waals surface area contributed by atoms with E-state index < -0.39 is 0 Å². The maximum Gasteiger partial charge on any atom is 0.115 e. The maximum atomic E-state index is 5.02. The summed E-state index contributed by atoms with van der Waals surface area (Å²) in [5.41, 5.74) is 3.67. The minimum atomic E-state index is 0.0754. The van der Waals surface area contributed by atoms with Crippen molar-refractivity contribution in [3.8, 4) is 0 Å². The summed E-state index contributed by atoms with van der Waals surface area (Å²) in [7, 11) is 0. The van der Waals surface area contributed by atoms with Crippen molar-refractivity contribution in [2.45, 2.75) is 71.8 Å². The molecule has 0 spiro atoms. The van der Waals surface area contributed by atoms with Crippen LogP contribution in [0.15, 0.2) is 18.2 Å². The largest absolute Gasteiger partial charge is 0.385 e. The fourth-order valence-corrected chi connectivity index (χ4v) is 3.83. The smallest absolute Gasteiger partial charge is 0.115 e. The van der Waals surface area contributed by atoms with Gasteiger partial charge in [-0.2, -0.15) is 0 Å². The molecule has 126 valence electrons. The molecule has 0 atom stereocenters. The van der Waals surface area contributed by atoms with Crippen LogP contribution in [0.4, 0.5) is 5.69 Å². The van der Waals surface area contributed by atoms with Gasteiger partial charge >= 0.3 is 0 Å². The second kappa shape index (κ2) is 6.54. The first-order valence-corrected chi connectivity index (χ1v) is 9.23. The maximum absolute atomic E-state index is 5.02. The van der Waals surface area contributed by atoms with Crippen molar-refractivity contribution in [3.05, 3.63) is 24.0 Å². The number of nitrogens with zero attached hydrogens (tertiary/aromatic N) is 2. The van der Waals surface area contributed by atoms with E-state index in [1.165, 1.54) is 49.1 Å². The van der Waals surface area contributed by atoms with E-state index in [0.717, 1.165) is 24.5 Å². The molecular formula is C20H31N3. The molecule has 0 radical (unpaired) electrons. The fourth-order valence-electron chi connectivity index (χ4n) is 3.83. The van der Waals surface area contributed by atoms with Crippen LogP contribution in [0, 0.1) is 5.92 Å². The van der Waals surface area contributed by atoms with Gasteiger partial charge in [0, 0.05) is 24.2 Å². The second-order valence-corrected chi connectivity index (χ2v) is 8.03. The van der Waals surface area contributed by atoms with E-state index in [1.54, 1.807) is 0 Å². The van der Waals surface area contributed by atoms with Gasteiger partial charge in [0.15, 0.2) is 0 Å². The molecule has 0 bridgehead atoms. The molecule has 23 heavy (non-hydrogen) atoms. The summed E-state index contributed by atoms with van der Waals surface area (Å²) in [6, 6.07) is 6.64. The number of aromatic nitrogens is 2. The molecule has 1 heterocycles. The van der Waals surface area contributed by atoms with Crippen LogP contribution in [0.2, 0.25) is 0 Å². The Morgan fingerprint density at radius 1 is 1.17 bits per heavy atom. The van der Waals surface area contributed by atoms with E-state index >= 15 is 0 Å². The lowest BCUT2D eigenvalue weighted by Gasteiger charge is -2.26. The highest BCUT2D eigenvalue weighted by atomic mass is 15.1. The summed E-state index contributed by atoms with van der Waals surface area (Å²) in [5.74, 6) is 2.04. The van der Waals surface area contributed by atoms with Crippen molar-refractivity contribution in [1.29, 1.82) is 0 Å². The Morgan fingerprint density at radius 3 is 2.57 bits per heavy atom. The first kappa shape index (κ1) is 16.4. The predicted molar refractivity (Wildman–Crippen MR) is 99.2 cm³/mol. The van der Waals surface area contributed by atoms with Crippen LogP contribution >= 0.6 is 0 Å². The monoisotopic (exact) mass is 313 g/mol. The number of benzene rings is 1. The van der Waals surface area contributed by atoms with Crippen LogP contribution in [0.5, 0.6) is 0 Å². The molecule has 1 aromatic carbocycles. The zero-order valence-corrected chi connectivity index (χ0v) is 15.2. The number of hydrogen-bond acceptors (Lipinski definition) is 2. The number of anilines is 1. The highest BCUT2D eigenvalue weighted by molar-refractivity contribution is 5.80. The molecular weight excluding hydrogens is 282 g/mol. The molecule has 1 aliphatic carbocycles. The number of fused-ring (bicyclic) bond motifs is 1.